The Balaban J connectivity index is 1.68. The van der Waals surface area contributed by atoms with E-state index >= 15 is 4.39 Å². The summed E-state index contributed by atoms with van der Waals surface area (Å²) in [5, 5.41) is 14.2. The molecule has 39 heavy (non-hydrogen) atoms. The number of hydrogen-bond acceptors (Lipinski definition) is 8. The number of phenolic OH excluding ortho intramolecular Hbond substituents is 1. The van der Waals surface area contributed by atoms with Crippen LogP contribution in [0.15, 0.2) is 42.7 Å². The minimum Gasteiger partial charge on any atom is -0.507 e. The van der Waals surface area contributed by atoms with Gasteiger partial charge in [-0.25, -0.2) is 28.7 Å². The van der Waals surface area contributed by atoms with Gasteiger partial charge in [0.2, 0.25) is 0 Å². The number of phenols is 1. The molecule has 11 heteroatoms. The molecule has 8 nitrogen and oxygen atoms in total. The largest absolute Gasteiger partial charge is 0.507 e. The molecule has 204 valence electrons. The van der Waals surface area contributed by atoms with Crippen molar-refractivity contribution in [3.05, 3.63) is 71.0 Å². The lowest BCUT2D eigenvalue weighted by molar-refractivity contribution is 0.258. The Labute approximate surface area is 230 Å². The van der Waals surface area contributed by atoms with Gasteiger partial charge in [-0.05, 0) is 44.7 Å². The number of benzene rings is 2. The molecule has 0 amide bonds. The van der Waals surface area contributed by atoms with Crippen molar-refractivity contribution < 1.29 is 13.9 Å². The Morgan fingerprint density at radius 3 is 2.54 bits per heavy atom. The van der Waals surface area contributed by atoms with E-state index in [1.54, 1.807) is 24.5 Å². The van der Waals surface area contributed by atoms with E-state index in [1.807, 2.05) is 6.92 Å². The highest BCUT2D eigenvalue weighted by Crippen LogP contribution is 2.42. The van der Waals surface area contributed by atoms with Gasteiger partial charge in [0.25, 0.3) is 0 Å². The van der Waals surface area contributed by atoms with E-state index in [0.717, 1.165) is 12.6 Å². The summed E-state index contributed by atoms with van der Waals surface area (Å²) < 4.78 is 31.1. The lowest BCUT2D eigenvalue weighted by Crippen LogP contribution is -2.54. The molecule has 2 N–H and O–H groups in total. The van der Waals surface area contributed by atoms with Gasteiger partial charge in [-0.3, -0.25) is 4.90 Å². The standard InChI is InChI=1S/C28H30ClF2N7O/c1-4-37(14-22-32-9-6-10-33-22)15-23-35-27-18(28(36-23)38-13-16(2)34-12-17(38)3)11-19(29)24(26(27)31)25-20(30)7-5-8-21(25)39/h5-11,16-17,34,39H,4,12-15H2,1-3H3/t16-,17+/m1/s1. The number of nitrogens with one attached hydrogen (secondary N) is 1. The lowest BCUT2D eigenvalue weighted by Gasteiger charge is -2.39. The number of fused-ring (bicyclic) bond motifs is 1. The minimum atomic E-state index is -0.812. The predicted octanol–water partition coefficient (Wildman–Crippen LogP) is 4.93. The number of piperazine rings is 1. The number of hydrogen-bond donors (Lipinski definition) is 2. The van der Waals surface area contributed by atoms with Crippen molar-refractivity contribution in [2.24, 2.45) is 0 Å². The summed E-state index contributed by atoms with van der Waals surface area (Å²) in [5.41, 5.74) is -0.520. The van der Waals surface area contributed by atoms with Gasteiger partial charge in [0.15, 0.2) is 5.82 Å². The second-order valence-corrected chi connectivity index (χ2v) is 10.2. The Hall–Kier alpha value is -3.47. The fraction of sp³-hybridized carbons (Fsp3) is 0.357. The first-order valence-electron chi connectivity index (χ1n) is 12.9. The summed E-state index contributed by atoms with van der Waals surface area (Å²) in [5.74, 6) is -0.386. The van der Waals surface area contributed by atoms with Crippen molar-refractivity contribution in [1.29, 1.82) is 0 Å². The number of rotatable bonds is 7. The van der Waals surface area contributed by atoms with E-state index in [0.29, 0.717) is 49.0 Å². The third-order valence-electron chi connectivity index (χ3n) is 6.98. The lowest BCUT2D eigenvalue weighted by atomic mass is 10.0. The zero-order valence-corrected chi connectivity index (χ0v) is 22.8. The number of aromatic hydroxyl groups is 1. The maximum atomic E-state index is 16.3. The molecule has 5 rings (SSSR count). The summed E-state index contributed by atoms with van der Waals surface area (Å²) >= 11 is 6.57. The van der Waals surface area contributed by atoms with Crippen LogP contribution < -0.4 is 10.2 Å². The molecule has 2 aromatic carbocycles. The number of aromatic nitrogens is 4. The van der Waals surface area contributed by atoms with Crippen molar-refractivity contribution >= 4 is 28.3 Å². The van der Waals surface area contributed by atoms with Crippen LogP contribution in [-0.4, -0.2) is 61.7 Å². The van der Waals surface area contributed by atoms with Gasteiger partial charge in [0.1, 0.15) is 34.6 Å². The molecular formula is C28H30ClF2N7O. The highest BCUT2D eigenvalue weighted by atomic mass is 35.5. The molecule has 2 atom stereocenters. The van der Waals surface area contributed by atoms with Gasteiger partial charge in [0.05, 0.1) is 23.7 Å². The van der Waals surface area contributed by atoms with Gasteiger partial charge in [-0.15, -0.1) is 0 Å². The molecule has 0 unspecified atom stereocenters. The summed E-state index contributed by atoms with van der Waals surface area (Å²) in [6.07, 6.45) is 3.37. The third-order valence-corrected chi connectivity index (χ3v) is 7.28. The average molecular weight is 554 g/mol. The Kier molecular flexibility index (Phi) is 7.88. The minimum absolute atomic E-state index is 0.0162. The summed E-state index contributed by atoms with van der Waals surface area (Å²) in [7, 11) is 0. The summed E-state index contributed by atoms with van der Waals surface area (Å²) in [4.78, 5) is 22.3. The fourth-order valence-electron chi connectivity index (χ4n) is 4.91. The molecule has 2 aromatic heterocycles. The van der Waals surface area contributed by atoms with E-state index in [-0.39, 0.29) is 33.7 Å². The highest BCUT2D eigenvalue weighted by Gasteiger charge is 2.29. The van der Waals surface area contributed by atoms with Crippen molar-refractivity contribution in [3.8, 4) is 16.9 Å². The van der Waals surface area contributed by atoms with Gasteiger partial charge in [-0.1, -0.05) is 24.6 Å². The van der Waals surface area contributed by atoms with Gasteiger partial charge < -0.3 is 15.3 Å². The fourth-order valence-corrected chi connectivity index (χ4v) is 5.20. The van der Waals surface area contributed by atoms with E-state index in [4.69, 9.17) is 16.6 Å². The smallest absolute Gasteiger partial charge is 0.159 e. The molecule has 1 aliphatic heterocycles. The van der Waals surface area contributed by atoms with Crippen molar-refractivity contribution in [2.45, 2.75) is 45.9 Å². The van der Waals surface area contributed by atoms with Gasteiger partial charge in [-0.2, -0.15) is 0 Å². The first-order chi connectivity index (χ1) is 18.8. The molecule has 3 heterocycles. The molecular weight excluding hydrogens is 524 g/mol. The van der Waals surface area contributed by atoms with Crippen molar-refractivity contribution in [3.63, 3.8) is 0 Å². The number of anilines is 1. The van der Waals surface area contributed by atoms with Crippen LogP contribution in [0.25, 0.3) is 22.0 Å². The number of nitrogens with zero attached hydrogens (tertiary/aromatic N) is 6. The Morgan fingerprint density at radius 2 is 1.82 bits per heavy atom. The van der Waals surface area contributed by atoms with E-state index in [2.05, 4.69) is 43.9 Å². The predicted molar refractivity (Wildman–Crippen MR) is 148 cm³/mol. The molecule has 0 radical (unpaired) electrons. The first kappa shape index (κ1) is 27.1. The van der Waals surface area contributed by atoms with E-state index < -0.39 is 17.4 Å². The molecule has 1 saturated heterocycles. The molecule has 1 aliphatic rings. The molecule has 0 bridgehead atoms. The zero-order valence-electron chi connectivity index (χ0n) is 22.0. The maximum absolute atomic E-state index is 16.3. The van der Waals surface area contributed by atoms with Crippen LogP contribution >= 0.6 is 11.6 Å². The quantitative estimate of drug-likeness (QED) is 0.333. The van der Waals surface area contributed by atoms with Crippen LogP contribution in [0.4, 0.5) is 14.6 Å². The molecule has 1 fully saturated rings. The van der Waals surface area contributed by atoms with Crippen LogP contribution in [0.5, 0.6) is 5.75 Å². The third kappa shape index (κ3) is 5.50. The van der Waals surface area contributed by atoms with Crippen LogP contribution in [-0.2, 0) is 13.1 Å². The average Bonchev–Trinajstić information content (AvgIpc) is 2.92. The molecule has 0 aliphatic carbocycles. The SMILES string of the molecule is CCN(Cc1ncccn1)Cc1nc(N2C[C@@H](C)NC[C@@H]2C)c2cc(Cl)c(-c3c(O)cccc3F)c(F)c2n1. The van der Waals surface area contributed by atoms with E-state index in [9.17, 15) is 9.50 Å². The van der Waals surface area contributed by atoms with Crippen LogP contribution in [0, 0.1) is 11.6 Å². The normalized spacial score (nSPS) is 17.8. The molecule has 0 spiro atoms. The van der Waals surface area contributed by atoms with Crippen molar-refractivity contribution in [2.75, 3.05) is 24.5 Å². The zero-order chi connectivity index (χ0) is 27.7. The summed E-state index contributed by atoms with van der Waals surface area (Å²) in [6.45, 7) is 8.97. The van der Waals surface area contributed by atoms with Gasteiger partial charge >= 0.3 is 0 Å². The van der Waals surface area contributed by atoms with Crippen LogP contribution in [0.1, 0.15) is 32.4 Å². The molecule has 4 aromatic rings. The second-order valence-electron chi connectivity index (χ2n) is 9.82. The first-order valence-corrected chi connectivity index (χ1v) is 13.3. The summed E-state index contributed by atoms with van der Waals surface area (Å²) in [6, 6.07) is 7.38. The Bertz CT molecular complexity index is 1470. The topological polar surface area (TPSA) is 90.3 Å². The van der Waals surface area contributed by atoms with E-state index in [1.165, 1.54) is 12.1 Å². The van der Waals surface area contributed by atoms with Crippen molar-refractivity contribution in [1.82, 2.24) is 30.2 Å². The van der Waals surface area contributed by atoms with Crippen LogP contribution in [0.2, 0.25) is 5.02 Å². The molecule has 0 saturated carbocycles. The monoisotopic (exact) mass is 553 g/mol. The highest BCUT2D eigenvalue weighted by molar-refractivity contribution is 6.34. The van der Waals surface area contributed by atoms with Crippen LogP contribution in [0.3, 0.4) is 0 Å². The Morgan fingerprint density at radius 1 is 1.08 bits per heavy atom. The van der Waals surface area contributed by atoms with Gasteiger partial charge in [0, 0.05) is 48.5 Å². The number of halogens is 3. The maximum Gasteiger partial charge on any atom is 0.159 e. The second kappa shape index (κ2) is 11.3.